The fraction of sp³-hybridized carbons (Fsp3) is 0.368. The zero-order valence-electron chi connectivity index (χ0n) is 15.8. The Labute approximate surface area is 168 Å². The maximum Gasteiger partial charge on any atom is 0.311 e. The number of amidine groups is 1. The molecule has 2 aliphatic heterocycles. The zero-order valence-corrected chi connectivity index (χ0v) is 16.6. The van der Waals surface area contributed by atoms with Gasteiger partial charge in [0.25, 0.3) is 10.0 Å². The number of nitrogens with zero attached hydrogens (tertiary/aromatic N) is 3. The summed E-state index contributed by atoms with van der Waals surface area (Å²) < 4.78 is 33.5. The fourth-order valence-electron chi connectivity index (χ4n) is 3.38. The van der Waals surface area contributed by atoms with E-state index in [0.717, 1.165) is 0 Å². The van der Waals surface area contributed by atoms with Crippen LogP contribution in [0.5, 0.6) is 0 Å². The van der Waals surface area contributed by atoms with E-state index in [0.29, 0.717) is 30.8 Å². The lowest BCUT2D eigenvalue weighted by Gasteiger charge is -2.32. The predicted octanol–water partition coefficient (Wildman–Crippen LogP) is 0.716. The molecular formula is C19H20N4O5S. The van der Waals surface area contributed by atoms with Crippen LogP contribution in [0.25, 0.3) is 0 Å². The van der Waals surface area contributed by atoms with E-state index in [9.17, 15) is 18.0 Å². The summed E-state index contributed by atoms with van der Waals surface area (Å²) in [5.74, 6) is -1.45. The molecule has 29 heavy (non-hydrogen) atoms. The summed E-state index contributed by atoms with van der Waals surface area (Å²) in [5.41, 5.74) is 5.82. The third kappa shape index (κ3) is 4.14. The molecule has 10 heteroatoms. The van der Waals surface area contributed by atoms with E-state index in [1.807, 2.05) is 0 Å². The highest BCUT2D eigenvalue weighted by atomic mass is 32.2. The SMILES string of the molecule is C/C(N)=C(\C#N)C(=O)COC(=O)C1CCCN(C2=NS(=O)(=O)c3ccccc32)C1. The van der Waals surface area contributed by atoms with Crippen LogP contribution in [0.3, 0.4) is 0 Å². The van der Waals surface area contributed by atoms with Crippen molar-refractivity contribution in [1.29, 1.82) is 5.26 Å². The summed E-state index contributed by atoms with van der Waals surface area (Å²) in [6, 6.07) is 8.25. The molecule has 1 atom stereocenters. The molecule has 2 aliphatic rings. The number of sulfonamides is 1. The number of ketones is 1. The zero-order chi connectivity index (χ0) is 21.2. The summed E-state index contributed by atoms with van der Waals surface area (Å²) in [7, 11) is -3.75. The van der Waals surface area contributed by atoms with Gasteiger partial charge in [0.15, 0.2) is 12.4 Å². The van der Waals surface area contributed by atoms with Gasteiger partial charge in [0.2, 0.25) is 5.78 Å². The van der Waals surface area contributed by atoms with Gasteiger partial charge in [-0.3, -0.25) is 9.59 Å². The van der Waals surface area contributed by atoms with Gasteiger partial charge in [-0.05, 0) is 31.9 Å². The van der Waals surface area contributed by atoms with Crippen molar-refractivity contribution < 1.29 is 22.7 Å². The van der Waals surface area contributed by atoms with Gasteiger partial charge in [-0.2, -0.15) is 13.7 Å². The second-order valence-electron chi connectivity index (χ2n) is 6.87. The van der Waals surface area contributed by atoms with Crippen molar-refractivity contribution in [2.24, 2.45) is 16.0 Å². The Morgan fingerprint density at radius 1 is 1.38 bits per heavy atom. The lowest BCUT2D eigenvalue weighted by Crippen LogP contribution is -2.43. The molecule has 0 bridgehead atoms. The van der Waals surface area contributed by atoms with Gasteiger partial charge in [-0.25, -0.2) is 0 Å². The maximum atomic E-state index is 12.4. The van der Waals surface area contributed by atoms with Crippen LogP contribution in [-0.4, -0.2) is 50.6 Å². The van der Waals surface area contributed by atoms with Crippen molar-refractivity contribution in [2.45, 2.75) is 24.7 Å². The number of benzene rings is 1. The smallest absolute Gasteiger partial charge is 0.311 e. The van der Waals surface area contributed by atoms with E-state index >= 15 is 0 Å². The molecule has 0 spiro atoms. The molecule has 0 radical (unpaired) electrons. The van der Waals surface area contributed by atoms with Gasteiger partial charge < -0.3 is 15.4 Å². The van der Waals surface area contributed by atoms with Crippen molar-refractivity contribution in [3.05, 3.63) is 41.1 Å². The Balaban J connectivity index is 1.69. The molecule has 0 amide bonds. The van der Waals surface area contributed by atoms with Crippen LogP contribution in [0.1, 0.15) is 25.3 Å². The minimum atomic E-state index is -3.75. The molecule has 0 aliphatic carbocycles. The maximum absolute atomic E-state index is 12.4. The molecule has 1 fully saturated rings. The molecule has 9 nitrogen and oxygen atoms in total. The van der Waals surface area contributed by atoms with E-state index in [2.05, 4.69) is 4.40 Å². The first-order chi connectivity index (χ1) is 13.7. The number of esters is 1. The van der Waals surface area contributed by atoms with E-state index in [-0.39, 0.29) is 22.7 Å². The Bertz CT molecular complexity index is 1060. The van der Waals surface area contributed by atoms with Crippen LogP contribution in [-0.2, 0) is 24.3 Å². The molecule has 1 saturated heterocycles. The molecule has 152 valence electrons. The highest BCUT2D eigenvalue weighted by molar-refractivity contribution is 7.90. The first-order valence-electron chi connectivity index (χ1n) is 9.00. The fourth-order valence-corrected chi connectivity index (χ4v) is 4.60. The van der Waals surface area contributed by atoms with Crippen LogP contribution in [0.4, 0.5) is 0 Å². The molecular weight excluding hydrogens is 396 g/mol. The number of rotatable bonds is 4. The summed E-state index contributed by atoms with van der Waals surface area (Å²) in [6.45, 7) is 1.64. The van der Waals surface area contributed by atoms with E-state index < -0.39 is 34.3 Å². The number of nitrogens with two attached hydrogens (primary N) is 1. The van der Waals surface area contributed by atoms with Crippen LogP contribution in [0, 0.1) is 17.2 Å². The van der Waals surface area contributed by atoms with Crippen LogP contribution >= 0.6 is 0 Å². The molecule has 1 unspecified atom stereocenters. The largest absolute Gasteiger partial charge is 0.457 e. The lowest BCUT2D eigenvalue weighted by molar-refractivity contribution is -0.152. The quantitative estimate of drug-likeness (QED) is 0.429. The van der Waals surface area contributed by atoms with E-state index in [1.165, 1.54) is 13.0 Å². The predicted molar refractivity (Wildman–Crippen MR) is 103 cm³/mol. The second kappa shape index (κ2) is 8.05. The molecule has 2 heterocycles. The van der Waals surface area contributed by atoms with Crippen molar-refractivity contribution in [1.82, 2.24) is 4.90 Å². The number of Topliss-reactive ketones (excluding diaryl/α,β-unsaturated/α-hetero) is 1. The standard InChI is InChI=1S/C19H20N4O5S/c1-12(21)15(9-20)16(24)11-28-19(25)13-5-4-8-23(10-13)18-14-6-2-3-7-17(14)29(26,27)22-18/h2-3,6-7,13H,4-5,8,10-11,21H2,1H3/b15-12-. The molecule has 3 rings (SSSR count). The number of piperidine rings is 1. The second-order valence-corrected chi connectivity index (χ2v) is 8.44. The number of hydrogen-bond acceptors (Lipinski definition) is 8. The van der Waals surface area contributed by atoms with Crippen LogP contribution < -0.4 is 5.73 Å². The van der Waals surface area contributed by atoms with E-state index in [1.54, 1.807) is 29.2 Å². The Morgan fingerprint density at radius 3 is 2.79 bits per heavy atom. The number of ether oxygens (including phenoxy) is 1. The number of carbonyl (C=O) groups is 2. The number of nitriles is 1. The monoisotopic (exact) mass is 416 g/mol. The van der Waals surface area contributed by atoms with Gasteiger partial charge in [0.1, 0.15) is 16.5 Å². The third-order valence-electron chi connectivity index (χ3n) is 4.80. The van der Waals surface area contributed by atoms with Gasteiger partial charge in [-0.15, -0.1) is 4.40 Å². The molecule has 0 saturated carbocycles. The van der Waals surface area contributed by atoms with Crippen molar-refractivity contribution >= 4 is 27.6 Å². The number of allylic oxidation sites excluding steroid dienone is 1. The first-order valence-corrected chi connectivity index (χ1v) is 10.4. The number of fused-ring (bicyclic) bond motifs is 1. The highest BCUT2D eigenvalue weighted by Gasteiger charge is 2.35. The van der Waals surface area contributed by atoms with Gasteiger partial charge in [0.05, 0.1) is 5.92 Å². The van der Waals surface area contributed by atoms with Crippen molar-refractivity contribution in [3.63, 3.8) is 0 Å². The number of hydrogen-bond donors (Lipinski definition) is 1. The third-order valence-corrected chi connectivity index (χ3v) is 6.12. The average molecular weight is 416 g/mol. The minimum Gasteiger partial charge on any atom is -0.457 e. The van der Waals surface area contributed by atoms with Gasteiger partial charge in [-0.1, -0.05) is 12.1 Å². The summed E-state index contributed by atoms with van der Waals surface area (Å²) >= 11 is 0. The number of carbonyl (C=O) groups excluding carboxylic acids is 2. The normalized spacial score (nSPS) is 20.8. The Morgan fingerprint density at radius 2 is 2.10 bits per heavy atom. The summed E-state index contributed by atoms with van der Waals surface area (Å²) in [6.07, 6.45) is 1.18. The van der Waals surface area contributed by atoms with Gasteiger partial charge >= 0.3 is 5.97 Å². The summed E-state index contributed by atoms with van der Waals surface area (Å²) in [4.78, 5) is 26.3. The Kier molecular flexibility index (Phi) is 5.70. The van der Waals surface area contributed by atoms with E-state index in [4.69, 9.17) is 15.7 Å². The first kappa shape index (κ1) is 20.5. The average Bonchev–Trinajstić information content (AvgIpc) is 2.98. The van der Waals surface area contributed by atoms with Gasteiger partial charge in [0, 0.05) is 24.4 Å². The highest BCUT2D eigenvalue weighted by Crippen LogP contribution is 2.30. The Hall–Kier alpha value is -3.19. The topological polar surface area (TPSA) is 143 Å². The number of likely N-dealkylation sites (tertiary alicyclic amines) is 1. The minimum absolute atomic E-state index is 0.0662. The van der Waals surface area contributed by atoms with Crippen LogP contribution in [0.15, 0.2) is 44.8 Å². The molecule has 0 aromatic heterocycles. The molecule has 1 aromatic rings. The van der Waals surface area contributed by atoms with Crippen molar-refractivity contribution in [3.8, 4) is 6.07 Å². The van der Waals surface area contributed by atoms with Crippen LogP contribution in [0.2, 0.25) is 0 Å². The molecule has 2 N–H and O–H groups in total. The summed E-state index contributed by atoms with van der Waals surface area (Å²) in [5, 5.41) is 8.94. The molecule has 1 aromatic carbocycles. The lowest BCUT2D eigenvalue weighted by atomic mass is 9.97. The van der Waals surface area contributed by atoms with Crippen molar-refractivity contribution in [2.75, 3.05) is 19.7 Å².